The van der Waals surface area contributed by atoms with Crippen LogP contribution in [0.4, 0.5) is 0 Å². The molecule has 0 spiro atoms. The summed E-state index contributed by atoms with van der Waals surface area (Å²) in [6.45, 7) is 2.91. The summed E-state index contributed by atoms with van der Waals surface area (Å²) in [6, 6.07) is 5.84. The summed E-state index contributed by atoms with van der Waals surface area (Å²) >= 11 is 9.37. The highest BCUT2D eigenvalue weighted by Gasteiger charge is 2.05. The molecule has 1 atom stereocenters. The number of benzene rings is 1. The van der Waals surface area contributed by atoms with Crippen LogP contribution in [0.3, 0.4) is 0 Å². The van der Waals surface area contributed by atoms with Crippen molar-refractivity contribution in [2.45, 2.75) is 25.9 Å². The summed E-state index contributed by atoms with van der Waals surface area (Å²) < 4.78 is 1.03. The maximum atomic E-state index is 9.03. The number of aliphatic hydroxyl groups is 1. The average molecular weight is 293 g/mol. The zero-order valence-corrected chi connectivity index (χ0v) is 11.0. The van der Waals surface area contributed by atoms with Crippen molar-refractivity contribution in [3.63, 3.8) is 0 Å². The van der Waals surface area contributed by atoms with E-state index in [-0.39, 0.29) is 12.6 Å². The fourth-order valence-corrected chi connectivity index (χ4v) is 1.85. The predicted molar refractivity (Wildman–Crippen MR) is 67.2 cm³/mol. The zero-order chi connectivity index (χ0) is 11.3. The molecule has 15 heavy (non-hydrogen) atoms. The van der Waals surface area contributed by atoms with Gasteiger partial charge in [0.05, 0.1) is 6.61 Å². The van der Waals surface area contributed by atoms with E-state index in [0.717, 1.165) is 21.5 Å². The first-order chi connectivity index (χ1) is 7.17. The number of aliphatic hydroxyl groups excluding tert-OH is 1. The van der Waals surface area contributed by atoms with Gasteiger partial charge in [-0.3, -0.25) is 0 Å². The fraction of sp³-hybridized carbons (Fsp3) is 0.455. The van der Waals surface area contributed by atoms with Crippen molar-refractivity contribution in [2.75, 3.05) is 6.61 Å². The Morgan fingerprint density at radius 3 is 2.87 bits per heavy atom. The van der Waals surface area contributed by atoms with Gasteiger partial charge in [-0.05, 0) is 30.2 Å². The number of halogens is 2. The Balaban J connectivity index is 2.60. The summed E-state index contributed by atoms with van der Waals surface area (Å²) in [5.74, 6) is 0. The molecule has 0 radical (unpaired) electrons. The van der Waals surface area contributed by atoms with Gasteiger partial charge in [-0.15, -0.1) is 0 Å². The Labute approximate surface area is 104 Å². The second-order valence-electron chi connectivity index (χ2n) is 3.40. The summed E-state index contributed by atoms with van der Waals surface area (Å²) in [4.78, 5) is 0. The van der Waals surface area contributed by atoms with E-state index < -0.39 is 0 Å². The topological polar surface area (TPSA) is 32.3 Å². The highest BCUT2D eigenvalue weighted by Crippen LogP contribution is 2.21. The first-order valence-electron chi connectivity index (χ1n) is 4.95. The van der Waals surface area contributed by atoms with Crippen molar-refractivity contribution in [3.05, 3.63) is 33.3 Å². The number of nitrogens with one attached hydrogen (secondary N) is 1. The number of hydrogen-bond donors (Lipinski definition) is 2. The molecule has 1 rings (SSSR count). The van der Waals surface area contributed by atoms with Gasteiger partial charge in [-0.1, -0.05) is 34.5 Å². The minimum absolute atomic E-state index is 0.149. The Kier molecular flexibility index (Phi) is 5.61. The molecule has 84 valence electrons. The van der Waals surface area contributed by atoms with Crippen LogP contribution in [0.25, 0.3) is 0 Å². The molecule has 0 bridgehead atoms. The van der Waals surface area contributed by atoms with E-state index in [4.69, 9.17) is 16.7 Å². The lowest BCUT2D eigenvalue weighted by molar-refractivity contribution is 0.238. The van der Waals surface area contributed by atoms with Crippen molar-refractivity contribution < 1.29 is 5.11 Å². The molecule has 0 unspecified atom stereocenters. The zero-order valence-electron chi connectivity index (χ0n) is 8.63. The van der Waals surface area contributed by atoms with Crippen LogP contribution >= 0.6 is 27.5 Å². The van der Waals surface area contributed by atoms with Gasteiger partial charge in [0.2, 0.25) is 0 Å². The van der Waals surface area contributed by atoms with Crippen LogP contribution in [0.1, 0.15) is 18.9 Å². The number of hydrogen-bond acceptors (Lipinski definition) is 2. The lowest BCUT2D eigenvalue weighted by atomic mass is 10.2. The van der Waals surface area contributed by atoms with Crippen molar-refractivity contribution >= 4 is 27.5 Å². The van der Waals surface area contributed by atoms with Crippen LogP contribution in [-0.2, 0) is 6.54 Å². The minimum Gasteiger partial charge on any atom is -0.395 e. The molecule has 1 aromatic rings. The molecule has 0 heterocycles. The van der Waals surface area contributed by atoms with Crippen LogP contribution in [0.2, 0.25) is 5.02 Å². The second-order valence-corrected chi connectivity index (χ2v) is 4.70. The Morgan fingerprint density at radius 2 is 2.27 bits per heavy atom. The third-order valence-electron chi connectivity index (χ3n) is 2.30. The molecule has 0 saturated heterocycles. The SMILES string of the molecule is CC[C@@H](CO)NCc1cc(Cl)ccc1Br. The first-order valence-corrected chi connectivity index (χ1v) is 6.12. The molecule has 2 nitrogen and oxygen atoms in total. The lowest BCUT2D eigenvalue weighted by Crippen LogP contribution is -2.31. The first kappa shape index (κ1) is 13.0. The van der Waals surface area contributed by atoms with Crippen molar-refractivity contribution in [1.29, 1.82) is 0 Å². The Morgan fingerprint density at radius 1 is 1.53 bits per heavy atom. The van der Waals surface area contributed by atoms with Crippen LogP contribution in [0, 0.1) is 0 Å². The molecular weight excluding hydrogens is 277 g/mol. The standard InChI is InChI=1S/C11H15BrClNO/c1-2-10(7-15)14-6-8-5-9(13)3-4-11(8)12/h3-5,10,14-15H,2,6-7H2,1H3/t10-/m0/s1. The molecule has 0 aliphatic carbocycles. The summed E-state index contributed by atoms with van der Waals surface area (Å²) in [5.41, 5.74) is 1.11. The van der Waals surface area contributed by atoms with Gasteiger partial charge in [0.15, 0.2) is 0 Å². The van der Waals surface area contributed by atoms with Crippen molar-refractivity contribution in [2.24, 2.45) is 0 Å². The predicted octanol–water partition coefficient (Wildman–Crippen LogP) is 2.96. The van der Waals surface area contributed by atoms with Gasteiger partial charge in [-0.25, -0.2) is 0 Å². The second kappa shape index (κ2) is 6.48. The van der Waals surface area contributed by atoms with Gasteiger partial charge in [0, 0.05) is 22.1 Å². The smallest absolute Gasteiger partial charge is 0.0584 e. The minimum atomic E-state index is 0.149. The molecule has 0 aliphatic rings. The maximum Gasteiger partial charge on any atom is 0.0584 e. The van der Waals surface area contributed by atoms with Gasteiger partial charge >= 0.3 is 0 Å². The highest BCUT2D eigenvalue weighted by atomic mass is 79.9. The Hall–Kier alpha value is -0.0900. The summed E-state index contributed by atoms with van der Waals surface area (Å²) in [6.07, 6.45) is 0.911. The molecule has 2 N–H and O–H groups in total. The van der Waals surface area contributed by atoms with E-state index in [1.54, 1.807) is 0 Å². The number of rotatable bonds is 5. The molecule has 0 saturated carbocycles. The van der Waals surface area contributed by atoms with E-state index in [0.29, 0.717) is 6.54 Å². The van der Waals surface area contributed by atoms with Gasteiger partial charge in [0.25, 0.3) is 0 Å². The van der Waals surface area contributed by atoms with E-state index in [1.165, 1.54) is 0 Å². The molecule has 0 amide bonds. The van der Waals surface area contributed by atoms with E-state index >= 15 is 0 Å². The Bertz CT molecular complexity index is 315. The fourth-order valence-electron chi connectivity index (χ4n) is 1.27. The third-order valence-corrected chi connectivity index (χ3v) is 3.31. The van der Waals surface area contributed by atoms with Crippen molar-refractivity contribution in [3.8, 4) is 0 Å². The van der Waals surface area contributed by atoms with Crippen LogP contribution < -0.4 is 5.32 Å². The van der Waals surface area contributed by atoms with Gasteiger partial charge < -0.3 is 10.4 Å². The molecule has 0 fully saturated rings. The summed E-state index contributed by atoms with van der Waals surface area (Å²) in [7, 11) is 0. The quantitative estimate of drug-likeness (QED) is 0.874. The average Bonchev–Trinajstić information content (AvgIpc) is 2.24. The third kappa shape index (κ3) is 4.11. The van der Waals surface area contributed by atoms with Crippen LogP contribution in [0.15, 0.2) is 22.7 Å². The highest BCUT2D eigenvalue weighted by molar-refractivity contribution is 9.10. The van der Waals surface area contributed by atoms with Crippen LogP contribution in [-0.4, -0.2) is 17.8 Å². The van der Waals surface area contributed by atoms with E-state index in [2.05, 4.69) is 21.2 Å². The van der Waals surface area contributed by atoms with Crippen LogP contribution in [0.5, 0.6) is 0 Å². The molecule has 1 aromatic carbocycles. The van der Waals surface area contributed by atoms with E-state index in [9.17, 15) is 0 Å². The monoisotopic (exact) mass is 291 g/mol. The van der Waals surface area contributed by atoms with E-state index in [1.807, 2.05) is 25.1 Å². The van der Waals surface area contributed by atoms with Crippen molar-refractivity contribution in [1.82, 2.24) is 5.32 Å². The lowest BCUT2D eigenvalue weighted by Gasteiger charge is -2.14. The molecule has 4 heteroatoms. The largest absolute Gasteiger partial charge is 0.395 e. The molecule has 0 aliphatic heterocycles. The molecule has 0 aromatic heterocycles. The maximum absolute atomic E-state index is 9.03. The normalized spacial score (nSPS) is 12.8. The summed E-state index contributed by atoms with van der Waals surface area (Å²) in [5, 5.41) is 13.0. The molecular formula is C11H15BrClNO. The van der Waals surface area contributed by atoms with Gasteiger partial charge in [0.1, 0.15) is 0 Å². The van der Waals surface area contributed by atoms with Gasteiger partial charge in [-0.2, -0.15) is 0 Å².